The summed E-state index contributed by atoms with van der Waals surface area (Å²) in [5.41, 5.74) is 0. The lowest BCUT2D eigenvalue weighted by Crippen LogP contribution is -2.46. The van der Waals surface area contributed by atoms with E-state index in [9.17, 15) is 9.90 Å². The standard InChI is InChI=1S/C16H31N3O2/c1-5-8-17-16(21)14(3)18(4)12-15-6-9-19(10-7-15)11-13(2)20/h5,13-15,20H,1,6-12H2,2-4H3,(H,17,21)/t13-,14+/m1/s1. The van der Waals surface area contributed by atoms with Crippen molar-refractivity contribution in [2.75, 3.05) is 39.8 Å². The quantitative estimate of drug-likeness (QED) is 0.648. The Labute approximate surface area is 129 Å². The maximum Gasteiger partial charge on any atom is 0.237 e. The van der Waals surface area contributed by atoms with Gasteiger partial charge in [0.25, 0.3) is 0 Å². The number of nitrogens with zero attached hydrogens (tertiary/aromatic N) is 2. The molecule has 1 saturated heterocycles. The number of aliphatic hydroxyl groups is 1. The van der Waals surface area contributed by atoms with Gasteiger partial charge in [-0.05, 0) is 52.7 Å². The van der Waals surface area contributed by atoms with Gasteiger partial charge < -0.3 is 15.3 Å². The summed E-state index contributed by atoms with van der Waals surface area (Å²) in [4.78, 5) is 16.4. The summed E-state index contributed by atoms with van der Waals surface area (Å²) in [6.45, 7) is 11.7. The van der Waals surface area contributed by atoms with E-state index >= 15 is 0 Å². The third kappa shape index (κ3) is 6.59. The number of hydrogen-bond acceptors (Lipinski definition) is 4. The molecule has 2 N–H and O–H groups in total. The highest BCUT2D eigenvalue weighted by atomic mass is 16.3. The molecule has 1 heterocycles. The summed E-state index contributed by atoms with van der Waals surface area (Å²) < 4.78 is 0. The highest BCUT2D eigenvalue weighted by molar-refractivity contribution is 5.81. The van der Waals surface area contributed by atoms with E-state index in [-0.39, 0.29) is 18.1 Å². The summed E-state index contributed by atoms with van der Waals surface area (Å²) in [6, 6.07) is -0.111. The van der Waals surface area contributed by atoms with Crippen LogP contribution in [0.2, 0.25) is 0 Å². The SMILES string of the molecule is C=CCNC(=O)[C@H](C)N(C)CC1CCN(C[C@@H](C)O)CC1. The van der Waals surface area contributed by atoms with Crippen LogP contribution in [0.4, 0.5) is 0 Å². The molecule has 0 spiro atoms. The van der Waals surface area contributed by atoms with Gasteiger partial charge >= 0.3 is 0 Å². The molecular weight excluding hydrogens is 266 g/mol. The molecule has 0 unspecified atom stereocenters. The van der Waals surface area contributed by atoms with Crippen LogP contribution in [-0.4, -0.2) is 72.7 Å². The number of β-amino-alcohol motifs (C(OH)–C–C–N with tert-alkyl or cyclic N) is 1. The Balaban J connectivity index is 2.30. The maximum atomic E-state index is 11.9. The van der Waals surface area contributed by atoms with Gasteiger partial charge in [0.1, 0.15) is 0 Å². The molecule has 0 aliphatic carbocycles. The molecule has 0 saturated carbocycles. The van der Waals surface area contributed by atoms with Crippen LogP contribution >= 0.6 is 0 Å². The Morgan fingerprint density at radius 3 is 2.62 bits per heavy atom. The Hall–Kier alpha value is -0.910. The average Bonchev–Trinajstić information content (AvgIpc) is 2.45. The zero-order valence-electron chi connectivity index (χ0n) is 13.7. The van der Waals surface area contributed by atoms with Crippen LogP contribution in [0.3, 0.4) is 0 Å². The molecule has 21 heavy (non-hydrogen) atoms. The fourth-order valence-electron chi connectivity index (χ4n) is 2.81. The molecule has 0 bridgehead atoms. The van der Waals surface area contributed by atoms with Crippen LogP contribution in [0.15, 0.2) is 12.7 Å². The monoisotopic (exact) mass is 297 g/mol. The minimum atomic E-state index is -0.252. The zero-order chi connectivity index (χ0) is 15.8. The fraction of sp³-hybridized carbons (Fsp3) is 0.812. The molecule has 5 nitrogen and oxygen atoms in total. The van der Waals surface area contributed by atoms with Gasteiger partial charge in [0.15, 0.2) is 0 Å². The van der Waals surface area contributed by atoms with Gasteiger partial charge in [-0.15, -0.1) is 6.58 Å². The summed E-state index contributed by atoms with van der Waals surface area (Å²) in [5.74, 6) is 0.693. The molecule has 1 rings (SSSR count). The van der Waals surface area contributed by atoms with E-state index in [1.54, 1.807) is 6.08 Å². The van der Waals surface area contributed by atoms with Gasteiger partial charge in [-0.2, -0.15) is 0 Å². The normalized spacial score (nSPS) is 20.2. The summed E-state index contributed by atoms with van der Waals surface area (Å²) >= 11 is 0. The van der Waals surface area contributed by atoms with E-state index < -0.39 is 0 Å². The Morgan fingerprint density at radius 2 is 2.10 bits per heavy atom. The molecule has 0 aromatic carbocycles. The smallest absolute Gasteiger partial charge is 0.237 e. The van der Waals surface area contributed by atoms with E-state index in [1.165, 1.54) is 0 Å². The van der Waals surface area contributed by atoms with Crippen molar-refractivity contribution in [1.82, 2.24) is 15.1 Å². The number of amides is 1. The zero-order valence-corrected chi connectivity index (χ0v) is 13.7. The molecule has 122 valence electrons. The predicted octanol–water partition coefficient (Wildman–Crippen LogP) is 0.702. The molecule has 1 aliphatic heterocycles. The largest absolute Gasteiger partial charge is 0.392 e. The summed E-state index contributed by atoms with van der Waals surface area (Å²) in [7, 11) is 2.01. The molecule has 0 aromatic rings. The lowest BCUT2D eigenvalue weighted by Gasteiger charge is -2.35. The molecule has 1 fully saturated rings. The minimum Gasteiger partial charge on any atom is -0.392 e. The molecule has 0 radical (unpaired) electrons. The van der Waals surface area contributed by atoms with Crippen molar-refractivity contribution in [2.24, 2.45) is 5.92 Å². The molecule has 1 amide bonds. The Morgan fingerprint density at radius 1 is 1.48 bits per heavy atom. The van der Waals surface area contributed by atoms with Crippen LogP contribution in [0, 0.1) is 5.92 Å². The third-order valence-corrected chi connectivity index (χ3v) is 4.24. The molecule has 5 heteroatoms. The second-order valence-corrected chi connectivity index (χ2v) is 6.24. The first-order chi connectivity index (χ1) is 9.93. The number of likely N-dealkylation sites (tertiary alicyclic amines) is 1. The van der Waals surface area contributed by atoms with Gasteiger partial charge in [-0.1, -0.05) is 6.08 Å². The highest BCUT2D eigenvalue weighted by Gasteiger charge is 2.24. The second kappa shape index (κ2) is 9.18. The van der Waals surface area contributed by atoms with Crippen molar-refractivity contribution >= 4 is 5.91 Å². The van der Waals surface area contributed by atoms with Gasteiger partial charge in [0, 0.05) is 19.6 Å². The lowest BCUT2D eigenvalue weighted by molar-refractivity contribution is -0.125. The third-order valence-electron chi connectivity index (χ3n) is 4.24. The van der Waals surface area contributed by atoms with Crippen LogP contribution < -0.4 is 5.32 Å². The van der Waals surface area contributed by atoms with Crippen molar-refractivity contribution < 1.29 is 9.90 Å². The maximum absolute atomic E-state index is 11.9. The Bertz CT molecular complexity index is 325. The van der Waals surface area contributed by atoms with Crippen molar-refractivity contribution in [3.05, 3.63) is 12.7 Å². The van der Waals surface area contributed by atoms with Crippen LogP contribution in [0.1, 0.15) is 26.7 Å². The van der Waals surface area contributed by atoms with Gasteiger partial charge in [0.2, 0.25) is 5.91 Å². The topological polar surface area (TPSA) is 55.8 Å². The van der Waals surface area contributed by atoms with E-state index in [4.69, 9.17) is 0 Å². The number of likely N-dealkylation sites (N-methyl/N-ethyl adjacent to an activating group) is 1. The fourth-order valence-corrected chi connectivity index (χ4v) is 2.81. The van der Waals surface area contributed by atoms with E-state index in [1.807, 2.05) is 20.9 Å². The first-order valence-electron chi connectivity index (χ1n) is 7.93. The number of hydrogen-bond donors (Lipinski definition) is 2. The van der Waals surface area contributed by atoms with E-state index in [0.717, 1.165) is 39.0 Å². The van der Waals surface area contributed by atoms with Crippen LogP contribution in [0.5, 0.6) is 0 Å². The Kier molecular flexibility index (Phi) is 7.93. The summed E-state index contributed by atoms with van der Waals surface area (Å²) in [6.07, 6.45) is 3.72. The van der Waals surface area contributed by atoms with Gasteiger partial charge in [0.05, 0.1) is 12.1 Å². The van der Waals surface area contributed by atoms with Gasteiger partial charge in [-0.25, -0.2) is 0 Å². The summed E-state index contributed by atoms with van der Waals surface area (Å²) in [5, 5.41) is 12.3. The lowest BCUT2D eigenvalue weighted by atomic mass is 9.95. The first-order valence-corrected chi connectivity index (χ1v) is 7.93. The van der Waals surface area contributed by atoms with Gasteiger partial charge in [-0.3, -0.25) is 9.69 Å². The van der Waals surface area contributed by atoms with Crippen molar-refractivity contribution in [3.8, 4) is 0 Å². The number of aliphatic hydroxyl groups excluding tert-OH is 1. The first kappa shape index (κ1) is 18.1. The molecule has 1 aliphatic rings. The number of piperidine rings is 1. The second-order valence-electron chi connectivity index (χ2n) is 6.24. The molecule has 0 aromatic heterocycles. The predicted molar refractivity (Wildman–Crippen MR) is 86.1 cm³/mol. The average molecular weight is 297 g/mol. The van der Waals surface area contributed by atoms with Crippen molar-refractivity contribution in [2.45, 2.75) is 38.8 Å². The van der Waals surface area contributed by atoms with Crippen LogP contribution in [0.25, 0.3) is 0 Å². The number of rotatable bonds is 8. The van der Waals surface area contributed by atoms with E-state index in [0.29, 0.717) is 12.5 Å². The number of nitrogens with one attached hydrogen (secondary N) is 1. The van der Waals surface area contributed by atoms with E-state index in [2.05, 4.69) is 21.7 Å². The molecule has 2 atom stereocenters. The van der Waals surface area contributed by atoms with Crippen LogP contribution in [-0.2, 0) is 4.79 Å². The number of carbonyl (C=O) groups is 1. The van der Waals surface area contributed by atoms with Crippen molar-refractivity contribution in [1.29, 1.82) is 0 Å². The van der Waals surface area contributed by atoms with Crippen molar-refractivity contribution in [3.63, 3.8) is 0 Å². The molecular formula is C16H31N3O2. The minimum absolute atomic E-state index is 0.0592. The highest BCUT2D eigenvalue weighted by Crippen LogP contribution is 2.19. The number of carbonyl (C=O) groups excluding carboxylic acids is 1.